The molecule has 1 aromatic rings. The smallest absolute Gasteiger partial charge is 0.317 e. The van der Waals surface area contributed by atoms with Crippen molar-refractivity contribution in [2.75, 3.05) is 7.05 Å². The summed E-state index contributed by atoms with van der Waals surface area (Å²) in [5.41, 5.74) is 1.11. The molecule has 1 aromatic carbocycles. The molecule has 0 bridgehead atoms. The average molecular weight is 348 g/mol. The Morgan fingerprint density at radius 3 is 2.36 bits per heavy atom. The number of nitrogens with one attached hydrogen (secondary N) is 1. The molecule has 0 aromatic heterocycles. The first-order chi connectivity index (χ1) is 11.8. The van der Waals surface area contributed by atoms with Crippen LogP contribution in [0.15, 0.2) is 24.3 Å². The monoisotopic (exact) mass is 348 g/mol. The molecule has 2 N–H and O–H groups in total. The van der Waals surface area contributed by atoms with Gasteiger partial charge in [-0.3, -0.25) is 0 Å². The number of amides is 2. The first kappa shape index (κ1) is 19.6. The Labute approximate surface area is 151 Å². The number of likely N-dealkylation sites (N-methyl/N-ethyl adjacent to an activating group) is 1. The number of ether oxygens (including phenoxy) is 1. The maximum Gasteiger partial charge on any atom is 0.317 e. The molecular weight excluding hydrogens is 316 g/mol. The third-order valence-corrected chi connectivity index (χ3v) is 4.92. The lowest BCUT2D eigenvalue weighted by Crippen LogP contribution is -2.48. The van der Waals surface area contributed by atoms with Crippen molar-refractivity contribution in [2.24, 2.45) is 0 Å². The van der Waals surface area contributed by atoms with E-state index in [1.807, 2.05) is 26.1 Å². The number of phenolic OH excluding ortho intramolecular Hbond substituents is 1. The molecule has 140 valence electrons. The Morgan fingerprint density at radius 2 is 1.80 bits per heavy atom. The Hall–Kier alpha value is -1.75. The molecule has 0 radical (unpaired) electrons. The van der Waals surface area contributed by atoms with Crippen LogP contribution in [0.2, 0.25) is 0 Å². The Kier molecular flexibility index (Phi) is 7.12. The minimum Gasteiger partial charge on any atom is -0.508 e. The fraction of sp³-hybridized carbons (Fsp3) is 0.650. The highest BCUT2D eigenvalue weighted by Gasteiger charge is 2.25. The van der Waals surface area contributed by atoms with Crippen LogP contribution in [-0.4, -0.2) is 47.4 Å². The van der Waals surface area contributed by atoms with Gasteiger partial charge in [0.2, 0.25) is 0 Å². The molecule has 0 saturated heterocycles. The van der Waals surface area contributed by atoms with E-state index in [9.17, 15) is 9.90 Å². The van der Waals surface area contributed by atoms with Gasteiger partial charge < -0.3 is 20.1 Å². The number of aromatic hydroxyl groups is 1. The minimum atomic E-state index is -0.0143. The summed E-state index contributed by atoms with van der Waals surface area (Å²) in [6, 6.07) is 7.47. The third-order valence-electron chi connectivity index (χ3n) is 4.92. The molecule has 1 fully saturated rings. The lowest BCUT2D eigenvalue weighted by Gasteiger charge is -2.32. The van der Waals surface area contributed by atoms with E-state index in [0.29, 0.717) is 6.10 Å². The first-order valence-electron chi connectivity index (χ1n) is 9.32. The van der Waals surface area contributed by atoms with E-state index in [1.54, 1.807) is 17.0 Å². The molecule has 0 aliphatic heterocycles. The van der Waals surface area contributed by atoms with Gasteiger partial charge in [0, 0.05) is 19.1 Å². The van der Waals surface area contributed by atoms with Crippen LogP contribution in [0.4, 0.5) is 4.79 Å². The lowest BCUT2D eigenvalue weighted by atomic mass is 9.93. The predicted octanol–water partition coefficient (Wildman–Crippen LogP) is 3.70. The van der Waals surface area contributed by atoms with E-state index in [4.69, 9.17) is 4.74 Å². The zero-order chi connectivity index (χ0) is 18.4. The maximum absolute atomic E-state index is 12.5. The van der Waals surface area contributed by atoms with Gasteiger partial charge in [0.25, 0.3) is 0 Å². The van der Waals surface area contributed by atoms with E-state index >= 15 is 0 Å². The molecule has 1 aliphatic rings. The minimum absolute atomic E-state index is 0.0143. The number of nitrogens with zero attached hydrogens (tertiary/aromatic N) is 1. The van der Waals surface area contributed by atoms with Crippen molar-refractivity contribution in [1.82, 2.24) is 10.2 Å². The topological polar surface area (TPSA) is 61.8 Å². The van der Waals surface area contributed by atoms with Crippen molar-refractivity contribution < 1.29 is 14.6 Å². The summed E-state index contributed by atoms with van der Waals surface area (Å²) in [5, 5.41) is 12.5. The Morgan fingerprint density at radius 1 is 1.20 bits per heavy atom. The SMILES string of the molecule is CC(C)OC1CCC(NC(=O)N(C)[C@H](C)Cc2ccc(O)cc2)CC1. The first-order valence-corrected chi connectivity index (χ1v) is 9.32. The number of urea groups is 1. The van der Waals surface area contributed by atoms with Crippen LogP contribution in [0.25, 0.3) is 0 Å². The number of hydrogen-bond acceptors (Lipinski definition) is 3. The molecular formula is C20H32N2O3. The molecule has 1 atom stereocenters. The van der Waals surface area contributed by atoms with E-state index in [2.05, 4.69) is 19.2 Å². The molecule has 2 amide bonds. The van der Waals surface area contributed by atoms with Crippen LogP contribution in [0.5, 0.6) is 5.75 Å². The van der Waals surface area contributed by atoms with Crippen LogP contribution < -0.4 is 5.32 Å². The largest absolute Gasteiger partial charge is 0.508 e. The standard InChI is InChI=1S/C20H32N2O3/c1-14(2)25-19-11-7-17(8-12-19)21-20(24)22(4)15(3)13-16-5-9-18(23)10-6-16/h5-6,9-10,14-15,17,19,23H,7-8,11-13H2,1-4H3,(H,21,24)/t15-,17?,19?/m1/s1. The number of rotatable bonds is 6. The molecule has 5 heteroatoms. The van der Waals surface area contributed by atoms with Crippen molar-refractivity contribution in [3.8, 4) is 5.75 Å². The van der Waals surface area contributed by atoms with Gasteiger partial charge in [-0.15, -0.1) is 0 Å². The zero-order valence-electron chi connectivity index (χ0n) is 15.9. The van der Waals surface area contributed by atoms with Crippen LogP contribution in [-0.2, 0) is 11.2 Å². The van der Waals surface area contributed by atoms with Crippen LogP contribution >= 0.6 is 0 Å². The molecule has 0 spiro atoms. The van der Waals surface area contributed by atoms with Crippen LogP contribution in [0.1, 0.15) is 52.0 Å². The van der Waals surface area contributed by atoms with Crippen molar-refractivity contribution >= 4 is 6.03 Å². The van der Waals surface area contributed by atoms with Gasteiger partial charge in [0.1, 0.15) is 5.75 Å². The molecule has 1 saturated carbocycles. The molecule has 25 heavy (non-hydrogen) atoms. The van der Waals surface area contributed by atoms with Crippen molar-refractivity contribution in [3.63, 3.8) is 0 Å². The van der Waals surface area contributed by atoms with Crippen molar-refractivity contribution in [2.45, 2.75) is 77.2 Å². The molecule has 0 heterocycles. The number of hydrogen-bond donors (Lipinski definition) is 2. The third kappa shape index (κ3) is 6.24. The molecule has 5 nitrogen and oxygen atoms in total. The van der Waals surface area contributed by atoms with E-state index in [0.717, 1.165) is 37.7 Å². The summed E-state index contributed by atoms with van der Waals surface area (Å²) in [6.45, 7) is 6.18. The van der Waals surface area contributed by atoms with Crippen molar-refractivity contribution in [1.29, 1.82) is 0 Å². The van der Waals surface area contributed by atoms with Crippen molar-refractivity contribution in [3.05, 3.63) is 29.8 Å². The van der Waals surface area contributed by atoms with Gasteiger partial charge in [-0.25, -0.2) is 4.79 Å². The highest BCUT2D eigenvalue weighted by molar-refractivity contribution is 5.74. The number of carbonyl (C=O) groups excluding carboxylic acids is 1. The molecule has 0 unspecified atom stereocenters. The van der Waals surface area contributed by atoms with Crippen LogP contribution in [0.3, 0.4) is 0 Å². The number of carbonyl (C=O) groups is 1. The molecule has 2 rings (SSSR count). The number of benzene rings is 1. The molecule has 1 aliphatic carbocycles. The summed E-state index contributed by atoms with van der Waals surface area (Å²) < 4.78 is 5.86. The average Bonchev–Trinajstić information content (AvgIpc) is 2.57. The predicted molar refractivity (Wildman–Crippen MR) is 99.8 cm³/mol. The highest BCUT2D eigenvalue weighted by Crippen LogP contribution is 2.22. The second kappa shape index (κ2) is 9.09. The van der Waals surface area contributed by atoms with E-state index in [1.165, 1.54) is 0 Å². The Balaban J connectivity index is 1.77. The number of phenols is 1. The fourth-order valence-electron chi connectivity index (χ4n) is 3.31. The highest BCUT2D eigenvalue weighted by atomic mass is 16.5. The van der Waals surface area contributed by atoms with Crippen LogP contribution in [0, 0.1) is 0 Å². The summed E-state index contributed by atoms with van der Waals surface area (Å²) in [4.78, 5) is 14.3. The van der Waals surface area contributed by atoms with Gasteiger partial charge >= 0.3 is 6.03 Å². The van der Waals surface area contributed by atoms with E-state index in [-0.39, 0.29) is 30.0 Å². The second-order valence-corrected chi connectivity index (χ2v) is 7.44. The second-order valence-electron chi connectivity index (χ2n) is 7.44. The van der Waals surface area contributed by atoms with Gasteiger partial charge in [-0.1, -0.05) is 12.1 Å². The lowest BCUT2D eigenvalue weighted by molar-refractivity contribution is -0.0158. The van der Waals surface area contributed by atoms with Gasteiger partial charge in [0.05, 0.1) is 12.2 Å². The van der Waals surface area contributed by atoms with Gasteiger partial charge in [0.15, 0.2) is 0 Å². The summed E-state index contributed by atoms with van der Waals surface area (Å²) >= 11 is 0. The summed E-state index contributed by atoms with van der Waals surface area (Å²) in [6.07, 6.45) is 5.33. The normalized spacial score (nSPS) is 21.8. The quantitative estimate of drug-likeness (QED) is 0.824. The fourth-order valence-corrected chi connectivity index (χ4v) is 3.31. The maximum atomic E-state index is 12.5. The zero-order valence-corrected chi connectivity index (χ0v) is 15.9. The van der Waals surface area contributed by atoms with E-state index < -0.39 is 0 Å². The summed E-state index contributed by atoms with van der Waals surface area (Å²) in [7, 11) is 1.84. The van der Waals surface area contributed by atoms with Gasteiger partial charge in [-0.2, -0.15) is 0 Å². The summed E-state index contributed by atoms with van der Waals surface area (Å²) in [5.74, 6) is 0.263. The Bertz CT molecular complexity index is 536. The van der Waals surface area contributed by atoms with Gasteiger partial charge in [-0.05, 0) is 70.6 Å².